The number of anilines is 1. The first kappa shape index (κ1) is 20.7. The number of nitrogen functional groups attached to an aromatic ring is 1. The molecule has 5 aromatic rings. The number of methoxy groups -OCH3 is 1. The van der Waals surface area contributed by atoms with Crippen molar-refractivity contribution >= 4 is 51.5 Å². The Kier molecular flexibility index (Phi) is 5.45. The van der Waals surface area contributed by atoms with Crippen LogP contribution in [0, 0.1) is 0 Å². The number of hydrogen-bond acceptors (Lipinski definition) is 7. The lowest BCUT2D eigenvalue weighted by molar-refractivity contribution is 0.0953. The van der Waals surface area contributed by atoms with E-state index in [0.717, 1.165) is 10.4 Å². The smallest absolute Gasteiger partial charge is 0.257 e. The van der Waals surface area contributed by atoms with Crippen LogP contribution in [0.1, 0.15) is 20.8 Å². The Balaban J connectivity index is 1.61. The van der Waals surface area contributed by atoms with E-state index in [2.05, 4.69) is 10.4 Å². The van der Waals surface area contributed by atoms with Crippen LogP contribution in [0.4, 0.5) is 5.82 Å². The van der Waals surface area contributed by atoms with E-state index in [1.165, 1.54) is 4.68 Å². The summed E-state index contributed by atoms with van der Waals surface area (Å²) in [6.45, 7) is 0.400. The van der Waals surface area contributed by atoms with E-state index in [9.17, 15) is 4.79 Å². The number of benzene rings is 2. The molecule has 164 valence electrons. The van der Waals surface area contributed by atoms with Gasteiger partial charge >= 0.3 is 0 Å². The zero-order valence-electron chi connectivity index (χ0n) is 17.7. The summed E-state index contributed by atoms with van der Waals surface area (Å²) in [5, 5.41) is 9.42. The van der Waals surface area contributed by atoms with E-state index >= 15 is 0 Å². The van der Waals surface area contributed by atoms with E-state index in [-0.39, 0.29) is 17.3 Å². The fourth-order valence-corrected chi connectivity index (χ4v) is 4.15. The molecule has 9 heteroatoms. The Morgan fingerprint density at radius 3 is 2.73 bits per heavy atom. The minimum Gasteiger partial charge on any atom is -0.497 e. The molecule has 3 heterocycles. The fourth-order valence-electron chi connectivity index (χ4n) is 3.50. The normalized spacial score (nSPS) is 11.4. The molecule has 2 aromatic carbocycles. The van der Waals surface area contributed by atoms with Crippen LogP contribution in [0.3, 0.4) is 0 Å². The molecule has 5 rings (SSSR count). The molecular formula is C24H20N6O2S. The molecule has 3 aromatic heterocycles. The van der Waals surface area contributed by atoms with Crippen molar-refractivity contribution in [1.82, 2.24) is 20.0 Å². The Bertz CT molecular complexity index is 1490. The third-order valence-corrected chi connectivity index (χ3v) is 6.00. The average molecular weight is 457 g/mol. The average Bonchev–Trinajstić information content (AvgIpc) is 3.45. The van der Waals surface area contributed by atoms with Gasteiger partial charge < -0.3 is 15.8 Å². The molecular weight excluding hydrogens is 436 g/mol. The number of aromatic nitrogens is 3. The Morgan fingerprint density at radius 2 is 1.97 bits per heavy atom. The van der Waals surface area contributed by atoms with Gasteiger partial charge in [-0.3, -0.25) is 4.79 Å². The van der Waals surface area contributed by atoms with Gasteiger partial charge in [0.05, 0.1) is 30.9 Å². The number of carbonyl (C=O) groups excluding carboxylic acids is 1. The summed E-state index contributed by atoms with van der Waals surface area (Å²) in [6.07, 6.45) is 1.64. The zero-order valence-corrected chi connectivity index (χ0v) is 18.5. The molecule has 0 bridgehead atoms. The van der Waals surface area contributed by atoms with Crippen molar-refractivity contribution in [1.29, 1.82) is 0 Å². The number of nitrogens with one attached hydrogen (secondary N) is 1. The summed E-state index contributed by atoms with van der Waals surface area (Å²) in [5.41, 5.74) is 9.67. The summed E-state index contributed by atoms with van der Waals surface area (Å²) in [6, 6.07) is 18.8. The van der Waals surface area contributed by atoms with Gasteiger partial charge in [-0.05, 0) is 41.3 Å². The van der Waals surface area contributed by atoms with E-state index in [1.807, 2.05) is 66.0 Å². The third kappa shape index (κ3) is 4.01. The van der Waals surface area contributed by atoms with Crippen LogP contribution in [0.5, 0.6) is 5.75 Å². The van der Waals surface area contributed by atoms with Crippen molar-refractivity contribution < 1.29 is 9.53 Å². The monoisotopic (exact) mass is 456 g/mol. The SMILES string of the molecule is COc1cccc(/C=N/n2c(N)c(C(=O)NCc3cccs3)c3nc4ccccc4nc32)c1. The molecule has 0 fully saturated rings. The minimum absolute atomic E-state index is 0.170. The lowest BCUT2D eigenvalue weighted by Crippen LogP contribution is -2.23. The molecule has 3 N–H and O–H groups in total. The van der Waals surface area contributed by atoms with Gasteiger partial charge in [0.1, 0.15) is 22.6 Å². The predicted molar refractivity (Wildman–Crippen MR) is 131 cm³/mol. The molecule has 0 spiro atoms. The van der Waals surface area contributed by atoms with Gasteiger partial charge in [0.15, 0.2) is 5.65 Å². The van der Waals surface area contributed by atoms with Gasteiger partial charge in [-0.25, -0.2) is 9.97 Å². The summed E-state index contributed by atoms with van der Waals surface area (Å²) in [4.78, 5) is 23.6. The second-order valence-electron chi connectivity index (χ2n) is 7.24. The number of para-hydroxylation sites is 2. The van der Waals surface area contributed by atoms with Crippen LogP contribution in [0.25, 0.3) is 22.2 Å². The molecule has 0 aliphatic heterocycles. The molecule has 0 unspecified atom stereocenters. The standard InChI is InChI=1S/C24H20N6O2S/c1-32-16-7-4-6-15(12-16)13-27-30-22(25)20(24(31)26-14-17-8-5-11-33-17)21-23(30)29-19-10-3-2-9-18(19)28-21/h2-13H,14,25H2,1H3,(H,26,31)/b27-13+. The topological polar surface area (TPSA) is 107 Å². The van der Waals surface area contributed by atoms with Crippen molar-refractivity contribution in [3.8, 4) is 5.75 Å². The zero-order chi connectivity index (χ0) is 22.8. The maximum Gasteiger partial charge on any atom is 0.257 e. The van der Waals surface area contributed by atoms with Crippen LogP contribution in [0.15, 0.2) is 71.1 Å². The van der Waals surface area contributed by atoms with Crippen LogP contribution in [-0.2, 0) is 6.54 Å². The van der Waals surface area contributed by atoms with Crippen LogP contribution in [0.2, 0.25) is 0 Å². The van der Waals surface area contributed by atoms with Gasteiger partial charge in [-0.15, -0.1) is 11.3 Å². The highest BCUT2D eigenvalue weighted by Gasteiger charge is 2.24. The highest BCUT2D eigenvalue weighted by Crippen LogP contribution is 2.28. The molecule has 0 saturated carbocycles. The quantitative estimate of drug-likeness (QED) is 0.375. The first-order chi connectivity index (χ1) is 16.1. The molecule has 8 nitrogen and oxygen atoms in total. The second kappa shape index (κ2) is 8.71. The number of carbonyl (C=O) groups is 1. The minimum atomic E-state index is -0.328. The number of ether oxygens (including phenoxy) is 1. The molecule has 33 heavy (non-hydrogen) atoms. The van der Waals surface area contributed by atoms with Crippen molar-refractivity contribution in [2.24, 2.45) is 5.10 Å². The van der Waals surface area contributed by atoms with Gasteiger partial charge in [0.25, 0.3) is 5.91 Å². The summed E-state index contributed by atoms with van der Waals surface area (Å²) >= 11 is 1.57. The van der Waals surface area contributed by atoms with Gasteiger partial charge in [-0.1, -0.05) is 30.3 Å². The van der Waals surface area contributed by atoms with Crippen molar-refractivity contribution in [3.63, 3.8) is 0 Å². The van der Waals surface area contributed by atoms with Crippen LogP contribution >= 0.6 is 11.3 Å². The molecule has 0 radical (unpaired) electrons. The number of amides is 1. The third-order valence-electron chi connectivity index (χ3n) is 5.12. The Hall–Kier alpha value is -4.24. The molecule has 0 aliphatic rings. The Labute approximate surface area is 193 Å². The number of hydrogen-bond donors (Lipinski definition) is 2. The number of fused-ring (bicyclic) bond motifs is 2. The van der Waals surface area contributed by atoms with Crippen molar-refractivity contribution in [2.45, 2.75) is 6.54 Å². The summed E-state index contributed by atoms with van der Waals surface area (Å²) in [7, 11) is 1.61. The van der Waals surface area contributed by atoms with E-state index in [1.54, 1.807) is 24.7 Å². The highest BCUT2D eigenvalue weighted by molar-refractivity contribution is 7.09. The maximum absolute atomic E-state index is 13.1. The molecule has 1 amide bonds. The van der Waals surface area contributed by atoms with Crippen LogP contribution < -0.4 is 15.8 Å². The maximum atomic E-state index is 13.1. The molecule has 0 saturated heterocycles. The van der Waals surface area contributed by atoms with E-state index in [0.29, 0.717) is 34.5 Å². The lowest BCUT2D eigenvalue weighted by atomic mass is 10.2. The Morgan fingerprint density at radius 1 is 1.15 bits per heavy atom. The number of nitrogens with two attached hydrogens (primary N) is 1. The molecule has 0 aliphatic carbocycles. The summed E-state index contributed by atoms with van der Waals surface area (Å²) < 4.78 is 6.73. The number of rotatable bonds is 6. The fraction of sp³-hybridized carbons (Fsp3) is 0.0833. The number of thiophene rings is 1. The van der Waals surface area contributed by atoms with Gasteiger partial charge in [0.2, 0.25) is 0 Å². The van der Waals surface area contributed by atoms with E-state index < -0.39 is 0 Å². The molecule has 0 atom stereocenters. The predicted octanol–water partition coefficient (Wildman–Crippen LogP) is 4.05. The van der Waals surface area contributed by atoms with E-state index in [4.69, 9.17) is 20.4 Å². The van der Waals surface area contributed by atoms with Gasteiger partial charge in [0, 0.05) is 4.88 Å². The van der Waals surface area contributed by atoms with Crippen molar-refractivity contribution in [2.75, 3.05) is 12.8 Å². The number of nitrogens with zero attached hydrogens (tertiary/aromatic N) is 4. The van der Waals surface area contributed by atoms with Gasteiger partial charge in [-0.2, -0.15) is 9.78 Å². The summed E-state index contributed by atoms with van der Waals surface area (Å²) in [5.74, 6) is 0.553. The van der Waals surface area contributed by atoms with Crippen LogP contribution in [-0.4, -0.2) is 33.9 Å². The highest BCUT2D eigenvalue weighted by atomic mass is 32.1. The van der Waals surface area contributed by atoms with Crippen molar-refractivity contribution in [3.05, 3.63) is 82.0 Å². The largest absolute Gasteiger partial charge is 0.497 e. The second-order valence-corrected chi connectivity index (χ2v) is 8.27. The lowest BCUT2D eigenvalue weighted by Gasteiger charge is -2.04. The first-order valence-electron chi connectivity index (χ1n) is 10.2. The first-order valence-corrected chi connectivity index (χ1v) is 11.1.